The Balaban J connectivity index is 1.73. The molecule has 0 unspecified atom stereocenters. The zero-order valence-electron chi connectivity index (χ0n) is 15.8. The average Bonchev–Trinajstić information content (AvgIpc) is 3.18. The van der Waals surface area contributed by atoms with Gasteiger partial charge in [0.05, 0.1) is 11.2 Å². The molecular formula is C20H22F3N5. The van der Waals surface area contributed by atoms with Crippen molar-refractivity contribution in [3.8, 4) is 5.69 Å². The SMILES string of the molecule is CC(C)N1CCN(c2cc(-n3ccc(C(F)(F)F)n3)c3ccccc3n2)CC1. The molecule has 2 aromatic heterocycles. The summed E-state index contributed by atoms with van der Waals surface area (Å²) in [6.07, 6.45) is -3.12. The molecule has 1 aromatic carbocycles. The number of hydrogen-bond acceptors (Lipinski definition) is 4. The molecule has 0 radical (unpaired) electrons. The van der Waals surface area contributed by atoms with Crippen LogP contribution in [0.5, 0.6) is 0 Å². The fraction of sp³-hybridized carbons (Fsp3) is 0.400. The van der Waals surface area contributed by atoms with E-state index in [0.29, 0.717) is 11.7 Å². The van der Waals surface area contributed by atoms with Crippen LogP contribution in [-0.2, 0) is 6.18 Å². The number of aromatic nitrogens is 3. The third-order valence-electron chi connectivity index (χ3n) is 5.18. The molecule has 28 heavy (non-hydrogen) atoms. The maximum Gasteiger partial charge on any atom is 0.435 e. The van der Waals surface area contributed by atoms with Crippen molar-refractivity contribution in [2.75, 3.05) is 31.1 Å². The molecule has 0 aliphatic carbocycles. The summed E-state index contributed by atoms with van der Waals surface area (Å²) in [6, 6.07) is 10.8. The lowest BCUT2D eigenvalue weighted by Gasteiger charge is -2.37. The molecule has 3 heterocycles. The van der Waals surface area contributed by atoms with Crippen LogP contribution in [0.4, 0.5) is 19.0 Å². The standard InChI is InChI=1S/C20H22F3N5/c1-14(2)26-9-11-27(12-10-26)19-13-17(15-5-3-4-6-16(15)24-19)28-8-7-18(25-28)20(21,22)23/h3-8,13-14H,9-12H2,1-2H3. The molecule has 5 nitrogen and oxygen atoms in total. The van der Waals surface area contributed by atoms with Crippen LogP contribution >= 0.6 is 0 Å². The highest BCUT2D eigenvalue weighted by Gasteiger charge is 2.34. The van der Waals surface area contributed by atoms with E-state index in [9.17, 15) is 13.2 Å². The first-order valence-electron chi connectivity index (χ1n) is 9.35. The van der Waals surface area contributed by atoms with Gasteiger partial charge in [0.25, 0.3) is 0 Å². The molecule has 0 saturated carbocycles. The van der Waals surface area contributed by atoms with E-state index in [0.717, 1.165) is 49.0 Å². The molecule has 3 aromatic rings. The highest BCUT2D eigenvalue weighted by Crippen LogP contribution is 2.30. The van der Waals surface area contributed by atoms with Gasteiger partial charge in [-0.1, -0.05) is 18.2 Å². The fourth-order valence-electron chi connectivity index (χ4n) is 3.57. The number of benzene rings is 1. The van der Waals surface area contributed by atoms with Crippen molar-refractivity contribution < 1.29 is 13.2 Å². The van der Waals surface area contributed by atoms with E-state index in [1.807, 2.05) is 30.3 Å². The Morgan fingerprint density at radius 2 is 1.71 bits per heavy atom. The summed E-state index contributed by atoms with van der Waals surface area (Å²) >= 11 is 0. The summed E-state index contributed by atoms with van der Waals surface area (Å²) in [6.45, 7) is 7.88. The Morgan fingerprint density at radius 3 is 2.36 bits per heavy atom. The predicted molar refractivity (Wildman–Crippen MR) is 103 cm³/mol. The minimum absolute atomic E-state index is 0.493. The Labute approximate surface area is 161 Å². The molecule has 0 N–H and O–H groups in total. The Morgan fingerprint density at radius 1 is 1.00 bits per heavy atom. The molecule has 0 bridgehead atoms. The summed E-state index contributed by atoms with van der Waals surface area (Å²) < 4.78 is 40.3. The van der Waals surface area contributed by atoms with Gasteiger partial charge < -0.3 is 4.90 Å². The van der Waals surface area contributed by atoms with E-state index in [-0.39, 0.29) is 0 Å². The van der Waals surface area contributed by atoms with Crippen molar-refractivity contribution in [3.05, 3.63) is 48.3 Å². The molecule has 148 valence electrons. The lowest BCUT2D eigenvalue weighted by atomic mass is 10.1. The molecule has 0 spiro atoms. The molecule has 8 heteroatoms. The van der Waals surface area contributed by atoms with E-state index < -0.39 is 11.9 Å². The van der Waals surface area contributed by atoms with Crippen molar-refractivity contribution in [1.29, 1.82) is 0 Å². The highest BCUT2D eigenvalue weighted by atomic mass is 19.4. The summed E-state index contributed by atoms with van der Waals surface area (Å²) in [4.78, 5) is 9.34. The highest BCUT2D eigenvalue weighted by molar-refractivity contribution is 5.89. The normalized spacial score (nSPS) is 16.3. The monoisotopic (exact) mass is 389 g/mol. The summed E-state index contributed by atoms with van der Waals surface area (Å²) in [5, 5.41) is 4.53. The number of alkyl halides is 3. The second kappa shape index (κ2) is 7.09. The quantitative estimate of drug-likeness (QED) is 0.679. The molecule has 1 saturated heterocycles. The third-order valence-corrected chi connectivity index (χ3v) is 5.18. The lowest BCUT2D eigenvalue weighted by molar-refractivity contribution is -0.141. The zero-order chi connectivity index (χ0) is 19.9. The van der Waals surface area contributed by atoms with Crippen molar-refractivity contribution in [1.82, 2.24) is 19.7 Å². The first kappa shape index (κ1) is 18.7. The number of pyridine rings is 1. The smallest absolute Gasteiger partial charge is 0.354 e. The van der Waals surface area contributed by atoms with Crippen molar-refractivity contribution in [2.45, 2.75) is 26.1 Å². The second-order valence-corrected chi connectivity index (χ2v) is 7.28. The molecule has 1 aliphatic rings. The first-order chi connectivity index (χ1) is 13.3. The van der Waals surface area contributed by atoms with Crippen LogP contribution in [0.3, 0.4) is 0 Å². The van der Waals surface area contributed by atoms with Gasteiger partial charge in [0.15, 0.2) is 5.69 Å². The van der Waals surface area contributed by atoms with Gasteiger partial charge in [0.1, 0.15) is 5.82 Å². The number of rotatable bonds is 3. The van der Waals surface area contributed by atoms with Crippen molar-refractivity contribution in [3.63, 3.8) is 0 Å². The molecule has 1 aliphatic heterocycles. The van der Waals surface area contributed by atoms with Crippen LogP contribution in [0.25, 0.3) is 16.6 Å². The zero-order valence-corrected chi connectivity index (χ0v) is 15.8. The summed E-state index contributed by atoms with van der Waals surface area (Å²) in [7, 11) is 0. The Kier molecular flexibility index (Phi) is 4.74. The van der Waals surface area contributed by atoms with Crippen LogP contribution in [0, 0.1) is 0 Å². The van der Waals surface area contributed by atoms with E-state index >= 15 is 0 Å². The molecule has 1 fully saturated rings. The number of nitrogens with zero attached hydrogens (tertiary/aromatic N) is 5. The first-order valence-corrected chi connectivity index (χ1v) is 9.35. The lowest BCUT2D eigenvalue weighted by Crippen LogP contribution is -2.49. The number of anilines is 1. The second-order valence-electron chi connectivity index (χ2n) is 7.28. The van der Waals surface area contributed by atoms with Gasteiger partial charge in [-0.2, -0.15) is 18.3 Å². The predicted octanol–water partition coefficient (Wildman–Crippen LogP) is 3.97. The molecule has 0 amide bonds. The Bertz CT molecular complexity index is 971. The fourth-order valence-corrected chi connectivity index (χ4v) is 3.57. The molecule has 0 atom stereocenters. The van der Waals surface area contributed by atoms with E-state index in [1.165, 1.54) is 10.9 Å². The van der Waals surface area contributed by atoms with Gasteiger partial charge in [-0.15, -0.1) is 0 Å². The van der Waals surface area contributed by atoms with Crippen LogP contribution in [0.15, 0.2) is 42.6 Å². The topological polar surface area (TPSA) is 37.2 Å². The van der Waals surface area contributed by atoms with Gasteiger partial charge in [0.2, 0.25) is 0 Å². The average molecular weight is 389 g/mol. The number of piperazine rings is 1. The number of halogens is 3. The van der Waals surface area contributed by atoms with Crippen LogP contribution in [0.2, 0.25) is 0 Å². The van der Waals surface area contributed by atoms with Gasteiger partial charge in [-0.25, -0.2) is 9.67 Å². The minimum Gasteiger partial charge on any atom is -0.354 e. The van der Waals surface area contributed by atoms with Gasteiger partial charge in [-0.3, -0.25) is 4.90 Å². The summed E-state index contributed by atoms with van der Waals surface area (Å²) in [5.41, 5.74) is 0.438. The summed E-state index contributed by atoms with van der Waals surface area (Å²) in [5.74, 6) is 0.765. The van der Waals surface area contributed by atoms with Crippen molar-refractivity contribution in [2.24, 2.45) is 0 Å². The van der Waals surface area contributed by atoms with Crippen LogP contribution < -0.4 is 4.90 Å². The number of para-hydroxylation sites is 1. The molecule has 4 rings (SSSR count). The van der Waals surface area contributed by atoms with Gasteiger partial charge in [-0.05, 0) is 26.0 Å². The van der Waals surface area contributed by atoms with Crippen LogP contribution in [-0.4, -0.2) is 51.9 Å². The number of fused-ring (bicyclic) bond motifs is 1. The maximum atomic E-state index is 13.0. The van der Waals surface area contributed by atoms with Gasteiger partial charge >= 0.3 is 6.18 Å². The minimum atomic E-state index is -4.47. The van der Waals surface area contributed by atoms with Gasteiger partial charge in [0, 0.05) is 49.9 Å². The van der Waals surface area contributed by atoms with E-state index in [1.54, 1.807) is 0 Å². The number of hydrogen-bond donors (Lipinski definition) is 0. The third kappa shape index (κ3) is 3.56. The largest absolute Gasteiger partial charge is 0.435 e. The van der Waals surface area contributed by atoms with Crippen LogP contribution in [0.1, 0.15) is 19.5 Å². The van der Waals surface area contributed by atoms with Crippen molar-refractivity contribution >= 4 is 16.7 Å². The van der Waals surface area contributed by atoms with E-state index in [4.69, 9.17) is 4.98 Å². The maximum absolute atomic E-state index is 13.0. The van der Waals surface area contributed by atoms with E-state index in [2.05, 4.69) is 28.7 Å². The molecular weight excluding hydrogens is 367 g/mol. The Hall–Kier alpha value is -2.61.